The monoisotopic (exact) mass is 398 g/mol. The zero-order chi connectivity index (χ0) is 21.9. The zero-order valence-corrected chi connectivity index (χ0v) is 16.7. The van der Waals surface area contributed by atoms with Gasteiger partial charge in [-0.15, -0.1) is 0 Å². The summed E-state index contributed by atoms with van der Waals surface area (Å²) in [6, 6.07) is 31.1. The maximum Gasteiger partial charge on any atom is 0.106 e. The Morgan fingerprint density at radius 2 is 0.733 bits per heavy atom. The van der Waals surface area contributed by atoms with E-state index in [9.17, 15) is 0 Å². The Bertz CT molecular complexity index is 974. The molecule has 0 atom stereocenters. The van der Waals surface area contributed by atoms with E-state index in [1.54, 1.807) is 0 Å². The second kappa shape index (κ2) is 10.9. The molecule has 0 aliphatic rings. The van der Waals surface area contributed by atoms with E-state index in [-0.39, 0.29) is 0 Å². The number of nitrogen functional groups attached to an aromatic ring is 4. The first-order chi connectivity index (χ1) is 14.5. The lowest BCUT2D eigenvalue weighted by Crippen LogP contribution is -1.86. The van der Waals surface area contributed by atoms with Crippen molar-refractivity contribution >= 4 is 29.5 Å². The van der Waals surface area contributed by atoms with E-state index in [4.69, 9.17) is 27.7 Å². The lowest BCUT2D eigenvalue weighted by atomic mass is 10.1. The highest BCUT2D eigenvalue weighted by molar-refractivity contribution is 5.69. The van der Waals surface area contributed by atoms with Crippen molar-refractivity contribution in [2.45, 2.75) is 0 Å². The Hall–Kier alpha value is -4.25. The minimum atomic E-state index is 0.776. The van der Waals surface area contributed by atoms with Crippen molar-refractivity contribution in [3.8, 4) is 22.3 Å². The summed E-state index contributed by atoms with van der Waals surface area (Å²) in [5.74, 6) is 0. The fourth-order valence-corrected chi connectivity index (χ4v) is 2.79. The molecule has 0 aliphatic carbocycles. The van der Waals surface area contributed by atoms with Gasteiger partial charge in [0.15, 0.2) is 0 Å². The molecule has 0 bridgehead atoms. The number of carbonyl (C=O) groups is 1. The molecule has 0 aliphatic heterocycles. The molecule has 5 heteroatoms. The van der Waals surface area contributed by atoms with Crippen molar-refractivity contribution in [3.63, 3.8) is 0 Å². The largest absolute Gasteiger partial charge is 0.399 e. The summed E-state index contributed by atoms with van der Waals surface area (Å²) in [4.78, 5) is 8.00. The summed E-state index contributed by atoms with van der Waals surface area (Å²) in [7, 11) is 0. The smallest absolute Gasteiger partial charge is 0.106 e. The van der Waals surface area contributed by atoms with Crippen LogP contribution in [0.5, 0.6) is 0 Å². The summed E-state index contributed by atoms with van der Waals surface area (Å²) in [5, 5.41) is 0. The van der Waals surface area contributed by atoms with Crippen LogP contribution in [0.1, 0.15) is 0 Å². The summed E-state index contributed by atoms with van der Waals surface area (Å²) in [5.41, 5.74) is 30.2. The van der Waals surface area contributed by atoms with E-state index in [0.717, 1.165) is 45.0 Å². The number of carbonyl (C=O) groups excluding carboxylic acids is 1. The number of benzene rings is 4. The molecule has 0 saturated carbocycles. The molecule has 0 heterocycles. The Kier molecular flexibility index (Phi) is 8.03. The van der Waals surface area contributed by atoms with Crippen LogP contribution >= 0.6 is 0 Å². The minimum Gasteiger partial charge on any atom is -0.399 e. The summed E-state index contributed by atoms with van der Waals surface area (Å²) < 4.78 is 0. The average Bonchev–Trinajstić information content (AvgIpc) is 2.77. The SMILES string of the molecule is C=O.Nc1ccc(-c2cccc(N)c2)cc1.Nc1ccc(-c2cccc(N)c2)cc1. The van der Waals surface area contributed by atoms with Crippen LogP contribution in [0.2, 0.25) is 0 Å². The van der Waals surface area contributed by atoms with Gasteiger partial charge in [0.05, 0.1) is 0 Å². The topological polar surface area (TPSA) is 121 Å². The summed E-state index contributed by atoms with van der Waals surface area (Å²) in [6.45, 7) is 2.00. The van der Waals surface area contributed by atoms with Gasteiger partial charge in [0.25, 0.3) is 0 Å². The number of anilines is 4. The number of hydrogen-bond acceptors (Lipinski definition) is 5. The highest BCUT2D eigenvalue weighted by atomic mass is 16.1. The van der Waals surface area contributed by atoms with Gasteiger partial charge in [-0.2, -0.15) is 0 Å². The van der Waals surface area contributed by atoms with Crippen LogP contribution < -0.4 is 22.9 Å². The van der Waals surface area contributed by atoms with Crippen LogP contribution in [0, 0.1) is 0 Å². The molecule has 5 nitrogen and oxygen atoms in total. The second-order valence-corrected chi connectivity index (χ2v) is 6.49. The van der Waals surface area contributed by atoms with E-state index >= 15 is 0 Å². The highest BCUT2D eigenvalue weighted by Crippen LogP contribution is 2.23. The molecule has 0 radical (unpaired) electrons. The van der Waals surface area contributed by atoms with E-state index in [1.165, 1.54) is 0 Å². The van der Waals surface area contributed by atoms with Gasteiger partial charge in [0.1, 0.15) is 6.79 Å². The molecule has 152 valence electrons. The lowest BCUT2D eigenvalue weighted by molar-refractivity contribution is -0.0979. The summed E-state index contributed by atoms with van der Waals surface area (Å²) >= 11 is 0. The molecule has 0 spiro atoms. The van der Waals surface area contributed by atoms with E-state index in [0.29, 0.717) is 0 Å². The van der Waals surface area contributed by atoms with Crippen LogP contribution in [-0.2, 0) is 4.79 Å². The van der Waals surface area contributed by atoms with Gasteiger partial charge in [0, 0.05) is 22.7 Å². The normalized spacial score (nSPS) is 9.47. The van der Waals surface area contributed by atoms with Crippen molar-refractivity contribution < 1.29 is 4.79 Å². The molecular formula is C25H26N4O. The number of nitrogens with two attached hydrogens (primary N) is 4. The number of rotatable bonds is 2. The van der Waals surface area contributed by atoms with Crippen LogP contribution in [0.15, 0.2) is 97.1 Å². The molecule has 4 aromatic rings. The van der Waals surface area contributed by atoms with Gasteiger partial charge >= 0.3 is 0 Å². The van der Waals surface area contributed by atoms with E-state index in [2.05, 4.69) is 0 Å². The quantitative estimate of drug-likeness (QED) is 0.360. The van der Waals surface area contributed by atoms with Gasteiger partial charge in [0.2, 0.25) is 0 Å². The first-order valence-corrected chi connectivity index (χ1v) is 9.23. The van der Waals surface area contributed by atoms with Crippen molar-refractivity contribution in [1.29, 1.82) is 0 Å². The van der Waals surface area contributed by atoms with Gasteiger partial charge in [-0.3, -0.25) is 0 Å². The highest BCUT2D eigenvalue weighted by Gasteiger charge is 1.97. The van der Waals surface area contributed by atoms with Crippen LogP contribution in [0.3, 0.4) is 0 Å². The fraction of sp³-hybridized carbons (Fsp3) is 0. The van der Waals surface area contributed by atoms with E-state index in [1.807, 2.05) is 104 Å². The maximum atomic E-state index is 8.00. The Labute approximate surface area is 177 Å². The third-order valence-electron chi connectivity index (χ3n) is 4.26. The molecule has 0 unspecified atom stereocenters. The molecule has 30 heavy (non-hydrogen) atoms. The molecular weight excluding hydrogens is 372 g/mol. The average molecular weight is 399 g/mol. The minimum absolute atomic E-state index is 0.776. The van der Waals surface area contributed by atoms with Crippen molar-refractivity contribution in [3.05, 3.63) is 97.1 Å². The van der Waals surface area contributed by atoms with Crippen molar-refractivity contribution in [1.82, 2.24) is 0 Å². The molecule has 0 amide bonds. The van der Waals surface area contributed by atoms with Crippen molar-refractivity contribution in [2.75, 3.05) is 22.9 Å². The van der Waals surface area contributed by atoms with Gasteiger partial charge < -0.3 is 27.7 Å². The first-order valence-electron chi connectivity index (χ1n) is 9.23. The number of hydrogen-bond donors (Lipinski definition) is 4. The lowest BCUT2D eigenvalue weighted by Gasteiger charge is -2.02. The predicted molar refractivity (Wildman–Crippen MR) is 129 cm³/mol. The molecule has 8 N–H and O–H groups in total. The fourth-order valence-electron chi connectivity index (χ4n) is 2.79. The molecule has 4 aromatic carbocycles. The Balaban J connectivity index is 0.000000197. The Morgan fingerprint density at radius 1 is 0.400 bits per heavy atom. The third kappa shape index (κ3) is 6.42. The summed E-state index contributed by atoms with van der Waals surface area (Å²) in [6.07, 6.45) is 0. The Morgan fingerprint density at radius 3 is 1.03 bits per heavy atom. The third-order valence-corrected chi connectivity index (χ3v) is 4.26. The molecule has 0 aromatic heterocycles. The van der Waals surface area contributed by atoms with Crippen LogP contribution in [-0.4, -0.2) is 6.79 Å². The molecule has 0 fully saturated rings. The van der Waals surface area contributed by atoms with Crippen LogP contribution in [0.4, 0.5) is 22.7 Å². The second-order valence-electron chi connectivity index (χ2n) is 6.49. The zero-order valence-electron chi connectivity index (χ0n) is 16.7. The standard InChI is InChI=1S/2C12H12N2.CH2O/c2*13-11-6-4-9(5-7-11)10-2-1-3-12(14)8-10;1-2/h2*1-8H,13-14H2;1H2. The predicted octanol–water partition coefficient (Wildman–Crippen LogP) is 4.85. The van der Waals surface area contributed by atoms with Crippen LogP contribution in [0.25, 0.3) is 22.3 Å². The molecule has 0 saturated heterocycles. The van der Waals surface area contributed by atoms with Crippen molar-refractivity contribution in [2.24, 2.45) is 0 Å². The van der Waals surface area contributed by atoms with E-state index < -0.39 is 0 Å². The maximum absolute atomic E-state index is 8.00. The van der Waals surface area contributed by atoms with Gasteiger partial charge in [-0.1, -0.05) is 48.5 Å². The first kappa shape index (κ1) is 22.0. The molecule has 4 rings (SSSR count). The van der Waals surface area contributed by atoms with Gasteiger partial charge in [-0.05, 0) is 70.8 Å². The van der Waals surface area contributed by atoms with Gasteiger partial charge in [-0.25, -0.2) is 0 Å².